The molecular formula is C18H24. The molecule has 0 radical (unpaired) electrons. The predicted octanol–water partition coefficient (Wildman–Crippen LogP) is 5.70. The molecule has 96 valence electrons. The van der Waals surface area contributed by atoms with E-state index in [2.05, 4.69) is 63.2 Å². The van der Waals surface area contributed by atoms with Gasteiger partial charge in [0.15, 0.2) is 0 Å². The average molecular weight is 240 g/mol. The molecule has 0 saturated heterocycles. The minimum atomic E-state index is 0.357. The zero-order valence-electron chi connectivity index (χ0n) is 11.9. The lowest BCUT2D eigenvalue weighted by Gasteiger charge is -2.33. The Hall–Kier alpha value is -1.30. The van der Waals surface area contributed by atoms with Gasteiger partial charge in [0.05, 0.1) is 0 Å². The second kappa shape index (κ2) is 5.56. The average Bonchev–Trinajstić information content (AvgIpc) is 2.44. The lowest BCUT2D eigenvalue weighted by Crippen LogP contribution is -2.24. The van der Waals surface area contributed by atoms with Crippen LogP contribution < -0.4 is 0 Å². The summed E-state index contributed by atoms with van der Waals surface area (Å²) in [6.07, 6.45) is 5.00. The maximum absolute atomic E-state index is 2.34. The van der Waals surface area contributed by atoms with Gasteiger partial charge in [-0.25, -0.2) is 0 Å². The molecule has 2 aromatic carbocycles. The van der Waals surface area contributed by atoms with Crippen LogP contribution in [-0.4, -0.2) is 0 Å². The van der Waals surface area contributed by atoms with Crippen LogP contribution in [0.3, 0.4) is 0 Å². The van der Waals surface area contributed by atoms with Gasteiger partial charge < -0.3 is 0 Å². The molecule has 0 aliphatic heterocycles. The van der Waals surface area contributed by atoms with Crippen LogP contribution in [0.5, 0.6) is 0 Å². The van der Waals surface area contributed by atoms with Crippen molar-refractivity contribution in [3.63, 3.8) is 0 Å². The highest BCUT2D eigenvalue weighted by Crippen LogP contribution is 2.39. The second-order valence-corrected chi connectivity index (χ2v) is 5.26. The molecule has 0 bridgehead atoms. The lowest BCUT2D eigenvalue weighted by atomic mass is 9.71. The van der Waals surface area contributed by atoms with E-state index in [1.54, 1.807) is 5.56 Å². The van der Waals surface area contributed by atoms with Crippen LogP contribution in [0.4, 0.5) is 0 Å². The highest BCUT2D eigenvalue weighted by Gasteiger charge is 2.28. The summed E-state index contributed by atoms with van der Waals surface area (Å²) in [5, 5.41) is 2.81. The first kappa shape index (κ1) is 13.1. The minimum absolute atomic E-state index is 0.357. The first-order valence-electron chi connectivity index (χ1n) is 7.25. The molecule has 0 aromatic heterocycles. The van der Waals surface area contributed by atoms with E-state index >= 15 is 0 Å². The fraction of sp³-hybridized carbons (Fsp3) is 0.444. The third-order valence-corrected chi connectivity index (χ3v) is 4.44. The number of benzene rings is 2. The zero-order valence-corrected chi connectivity index (χ0v) is 11.9. The topological polar surface area (TPSA) is 0 Å². The van der Waals surface area contributed by atoms with Crippen LogP contribution >= 0.6 is 0 Å². The van der Waals surface area contributed by atoms with Crippen molar-refractivity contribution in [3.05, 3.63) is 48.0 Å². The second-order valence-electron chi connectivity index (χ2n) is 5.26. The Morgan fingerprint density at radius 1 is 0.833 bits per heavy atom. The van der Waals surface area contributed by atoms with Crippen LogP contribution in [0.1, 0.15) is 52.0 Å². The van der Waals surface area contributed by atoms with E-state index in [9.17, 15) is 0 Å². The molecule has 2 rings (SSSR count). The van der Waals surface area contributed by atoms with Gasteiger partial charge in [-0.05, 0) is 41.0 Å². The molecule has 2 aromatic rings. The van der Waals surface area contributed by atoms with Gasteiger partial charge in [0.2, 0.25) is 0 Å². The molecule has 0 spiro atoms. The molecule has 0 unspecified atom stereocenters. The Kier molecular flexibility index (Phi) is 4.06. The van der Waals surface area contributed by atoms with Crippen molar-refractivity contribution < 1.29 is 0 Å². The smallest absolute Gasteiger partial charge is 0.00462 e. The fourth-order valence-corrected chi connectivity index (χ4v) is 3.29. The van der Waals surface area contributed by atoms with Crippen LogP contribution in [0.15, 0.2) is 42.5 Å². The molecule has 18 heavy (non-hydrogen) atoms. The van der Waals surface area contributed by atoms with Crippen molar-refractivity contribution in [2.24, 2.45) is 0 Å². The monoisotopic (exact) mass is 240 g/mol. The van der Waals surface area contributed by atoms with Crippen molar-refractivity contribution in [2.75, 3.05) is 0 Å². The van der Waals surface area contributed by atoms with Gasteiger partial charge in [-0.3, -0.25) is 0 Å². The summed E-state index contributed by atoms with van der Waals surface area (Å²) >= 11 is 0. The summed E-state index contributed by atoms with van der Waals surface area (Å²) in [5.74, 6) is 0. The molecule has 0 N–H and O–H groups in total. The van der Waals surface area contributed by atoms with Crippen molar-refractivity contribution in [1.29, 1.82) is 0 Å². The number of rotatable bonds is 5. The molecular weight excluding hydrogens is 216 g/mol. The summed E-state index contributed by atoms with van der Waals surface area (Å²) in [4.78, 5) is 0. The molecule has 0 nitrogen and oxygen atoms in total. The fourth-order valence-electron chi connectivity index (χ4n) is 3.29. The summed E-state index contributed by atoms with van der Waals surface area (Å²) in [5.41, 5.74) is 1.91. The molecule has 0 amide bonds. The first-order chi connectivity index (χ1) is 8.77. The van der Waals surface area contributed by atoms with Gasteiger partial charge in [-0.2, -0.15) is 0 Å². The third-order valence-electron chi connectivity index (χ3n) is 4.44. The summed E-state index contributed by atoms with van der Waals surface area (Å²) in [7, 11) is 0. The Labute approximate surface area is 111 Å². The Balaban J connectivity index is 2.64. The summed E-state index contributed by atoms with van der Waals surface area (Å²) in [6, 6.07) is 15.6. The van der Waals surface area contributed by atoms with E-state index in [0.717, 1.165) is 0 Å². The summed E-state index contributed by atoms with van der Waals surface area (Å²) < 4.78 is 0. The van der Waals surface area contributed by atoms with Crippen LogP contribution in [0, 0.1) is 0 Å². The van der Waals surface area contributed by atoms with E-state index in [1.165, 1.54) is 36.5 Å². The largest absolute Gasteiger partial charge is 0.0654 e. The molecule has 0 aliphatic carbocycles. The van der Waals surface area contributed by atoms with Gasteiger partial charge in [0.25, 0.3) is 0 Å². The van der Waals surface area contributed by atoms with Crippen LogP contribution in [0.25, 0.3) is 10.8 Å². The van der Waals surface area contributed by atoms with Gasteiger partial charge in [-0.1, -0.05) is 69.7 Å². The van der Waals surface area contributed by atoms with Crippen molar-refractivity contribution in [2.45, 2.75) is 51.9 Å². The Morgan fingerprint density at radius 3 is 2.17 bits per heavy atom. The lowest BCUT2D eigenvalue weighted by molar-refractivity contribution is 0.364. The van der Waals surface area contributed by atoms with Crippen LogP contribution in [-0.2, 0) is 5.41 Å². The highest BCUT2D eigenvalue weighted by atomic mass is 14.3. The number of hydrogen-bond acceptors (Lipinski definition) is 0. The highest BCUT2D eigenvalue weighted by molar-refractivity contribution is 5.86. The number of fused-ring (bicyclic) bond motifs is 1. The van der Waals surface area contributed by atoms with Gasteiger partial charge in [-0.15, -0.1) is 0 Å². The predicted molar refractivity (Wildman–Crippen MR) is 81.1 cm³/mol. The minimum Gasteiger partial charge on any atom is -0.0654 e. The molecule has 0 heteroatoms. The van der Waals surface area contributed by atoms with Crippen molar-refractivity contribution in [1.82, 2.24) is 0 Å². The maximum Gasteiger partial charge on any atom is -0.00462 e. The van der Waals surface area contributed by atoms with Crippen molar-refractivity contribution >= 4 is 10.8 Å². The van der Waals surface area contributed by atoms with E-state index in [-0.39, 0.29) is 0 Å². The van der Waals surface area contributed by atoms with E-state index in [0.29, 0.717) is 5.41 Å². The maximum atomic E-state index is 2.34. The SMILES string of the molecule is CCCC(CC)(CC)c1cccc2ccccc12. The molecule has 0 aliphatic rings. The van der Waals surface area contributed by atoms with Crippen LogP contribution in [0.2, 0.25) is 0 Å². The molecule has 0 fully saturated rings. The standard InChI is InChI=1S/C18H24/c1-4-14-18(5-2,6-3)17-13-9-11-15-10-7-8-12-16(15)17/h7-13H,4-6,14H2,1-3H3. The number of hydrogen-bond donors (Lipinski definition) is 0. The molecule has 0 atom stereocenters. The zero-order chi connectivity index (χ0) is 13.0. The first-order valence-corrected chi connectivity index (χ1v) is 7.25. The van der Waals surface area contributed by atoms with E-state index in [1.807, 2.05) is 0 Å². The quantitative estimate of drug-likeness (QED) is 0.629. The Bertz CT molecular complexity index is 501. The third kappa shape index (κ3) is 2.16. The van der Waals surface area contributed by atoms with Gasteiger partial charge in [0, 0.05) is 0 Å². The molecule has 0 saturated carbocycles. The molecule has 0 heterocycles. The van der Waals surface area contributed by atoms with Crippen molar-refractivity contribution in [3.8, 4) is 0 Å². The normalized spacial score (nSPS) is 11.9. The Morgan fingerprint density at radius 2 is 1.50 bits per heavy atom. The van der Waals surface area contributed by atoms with E-state index in [4.69, 9.17) is 0 Å². The summed E-state index contributed by atoms with van der Waals surface area (Å²) in [6.45, 7) is 6.97. The van der Waals surface area contributed by atoms with Gasteiger partial charge in [0.1, 0.15) is 0 Å². The van der Waals surface area contributed by atoms with E-state index < -0.39 is 0 Å². The van der Waals surface area contributed by atoms with Gasteiger partial charge >= 0.3 is 0 Å².